The minimum absolute atomic E-state index is 0.0353. The highest BCUT2D eigenvalue weighted by Crippen LogP contribution is 2.29. The highest BCUT2D eigenvalue weighted by Gasteiger charge is 2.19. The van der Waals surface area contributed by atoms with Crippen molar-refractivity contribution >= 4 is 29.2 Å². The van der Waals surface area contributed by atoms with Gasteiger partial charge in [-0.3, -0.25) is 0 Å². The number of nitrogens with zero attached hydrogens (tertiary/aromatic N) is 3. The number of hydrogen-bond donors (Lipinski definition) is 0. The quantitative estimate of drug-likeness (QED) is 0.459. The van der Waals surface area contributed by atoms with Gasteiger partial charge in [-0.25, -0.2) is 9.55 Å². The normalized spacial score (nSPS) is 10.6. The van der Waals surface area contributed by atoms with Crippen molar-refractivity contribution in [3.05, 3.63) is 45.4 Å². The first kappa shape index (κ1) is 15.7. The number of nitro groups is 1. The fourth-order valence-electron chi connectivity index (χ4n) is 1.89. The first-order valence-electron chi connectivity index (χ1n) is 6.22. The van der Waals surface area contributed by atoms with Crippen molar-refractivity contribution in [2.45, 2.75) is 25.0 Å². The van der Waals surface area contributed by atoms with E-state index in [1.54, 1.807) is 17.8 Å². The number of halogens is 1. The molecule has 1 aromatic heterocycles. The molecular formula is C13H14ClN3O3S. The Morgan fingerprint density at radius 2 is 2.29 bits per heavy atom. The summed E-state index contributed by atoms with van der Waals surface area (Å²) >= 11 is 7.66. The molecule has 0 saturated carbocycles. The zero-order valence-electron chi connectivity index (χ0n) is 11.6. The summed E-state index contributed by atoms with van der Waals surface area (Å²) in [5.41, 5.74) is 0. The van der Waals surface area contributed by atoms with Gasteiger partial charge in [-0.15, -0.1) is 11.8 Å². The Kier molecular flexibility index (Phi) is 5.08. The van der Waals surface area contributed by atoms with E-state index in [4.69, 9.17) is 16.3 Å². The summed E-state index contributed by atoms with van der Waals surface area (Å²) in [4.78, 5) is 15.4. The van der Waals surface area contributed by atoms with Gasteiger partial charge in [0.15, 0.2) is 6.61 Å². The van der Waals surface area contributed by atoms with Gasteiger partial charge in [-0.2, -0.15) is 0 Å². The van der Waals surface area contributed by atoms with E-state index in [2.05, 4.69) is 4.98 Å². The van der Waals surface area contributed by atoms with Crippen LogP contribution in [-0.4, -0.2) is 20.7 Å². The lowest BCUT2D eigenvalue weighted by Gasteiger charge is -2.07. The molecule has 0 aliphatic rings. The van der Waals surface area contributed by atoms with Crippen molar-refractivity contribution in [2.24, 2.45) is 0 Å². The van der Waals surface area contributed by atoms with E-state index in [9.17, 15) is 10.1 Å². The van der Waals surface area contributed by atoms with Crippen LogP contribution >= 0.6 is 23.4 Å². The largest absolute Gasteiger partial charge is 0.483 e. The Balaban J connectivity index is 2.13. The molecule has 1 heterocycles. The van der Waals surface area contributed by atoms with Crippen LogP contribution in [0.5, 0.6) is 5.75 Å². The maximum Gasteiger partial charge on any atom is 0.342 e. The van der Waals surface area contributed by atoms with E-state index in [1.807, 2.05) is 25.3 Å². The maximum absolute atomic E-state index is 10.9. The molecule has 0 aliphatic carbocycles. The van der Waals surface area contributed by atoms with Crippen LogP contribution in [-0.2, 0) is 13.2 Å². The number of rotatable bonds is 6. The van der Waals surface area contributed by atoms with Crippen LogP contribution in [0.4, 0.5) is 5.82 Å². The van der Waals surface area contributed by atoms with Gasteiger partial charge in [0.1, 0.15) is 11.9 Å². The molecule has 0 aliphatic heterocycles. The summed E-state index contributed by atoms with van der Waals surface area (Å²) in [6.45, 7) is 2.43. The lowest BCUT2D eigenvalue weighted by molar-refractivity contribution is -0.392. The topological polar surface area (TPSA) is 70.2 Å². The third-order valence-corrected chi connectivity index (χ3v) is 4.13. The summed E-state index contributed by atoms with van der Waals surface area (Å²) in [5, 5.41) is 11.5. The van der Waals surface area contributed by atoms with Gasteiger partial charge in [0.25, 0.3) is 0 Å². The number of thioether (sulfide) groups is 1. The average Bonchev–Trinajstić information content (AvgIpc) is 2.88. The fourth-order valence-corrected chi connectivity index (χ4v) is 2.75. The summed E-state index contributed by atoms with van der Waals surface area (Å²) in [6, 6.07) is 5.41. The van der Waals surface area contributed by atoms with Crippen LogP contribution in [0, 0.1) is 10.1 Å². The average molecular weight is 328 g/mol. The third-order valence-electron chi connectivity index (χ3n) is 2.91. The lowest BCUT2D eigenvalue weighted by atomic mass is 10.3. The number of imidazole rings is 1. The molecule has 0 bridgehead atoms. The molecule has 0 saturated heterocycles. The molecule has 1 aromatic carbocycles. The zero-order chi connectivity index (χ0) is 15.4. The molecule has 0 fully saturated rings. The lowest BCUT2D eigenvalue weighted by Crippen LogP contribution is -2.08. The molecule has 21 heavy (non-hydrogen) atoms. The number of benzene rings is 1. The van der Waals surface area contributed by atoms with Gasteiger partial charge in [0, 0.05) is 4.90 Å². The standard InChI is InChI=1S/C13H14ClN3O3S/c1-3-16-12(15-7-13(16)17(18)19)8-20-9-4-5-11(21-2)10(14)6-9/h4-7H,3,8H2,1-2H3. The van der Waals surface area contributed by atoms with Gasteiger partial charge in [-0.1, -0.05) is 11.6 Å². The molecule has 2 aromatic rings. The molecule has 0 atom stereocenters. The van der Waals surface area contributed by atoms with Gasteiger partial charge in [-0.05, 0) is 36.3 Å². The SMILES string of the molecule is CCn1c([N+](=O)[O-])cnc1COc1ccc(SC)c(Cl)c1. The van der Waals surface area contributed by atoms with E-state index >= 15 is 0 Å². The molecule has 6 nitrogen and oxygen atoms in total. The van der Waals surface area contributed by atoms with E-state index in [0.29, 0.717) is 23.1 Å². The molecule has 0 spiro atoms. The van der Waals surface area contributed by atoms with E-state index in [0.717, 1.165) is 4.90 Å². The first-order valence-corrected chi connectivity index (χ1v) is 7.82. The summed E-state index contributed by atoms with van der Waals surface area (Å²) in [6.07, 6.45) is 3.19. The second kappa shape index (κ2) is 6.82. The van der Waals surface area contributed by atoms with Crippen LogP contribution in [0.1, 0.15) is 12.7 Å². The Hall–Kier alpha value is -1.73. The molecule has 0 amide bonds. The van der Waals surface area contributed by atoms with Crippen molar-refractivity contribution in [1.82, 2.24) is 9.55 Å². The van der Waals surface area contributed by atoms with Crippen LogP contribution in [0.2, 0.25) is 5.02 Å². The second-order valence-electron chi connectivity index (χ2n) is 4.12. The monoisotopic (exact) mass is 327 g/mol. The Morgan fingerprint density at radius 3 is 2.86 bits per heavy atom. The Bertz CT molecular complexity index is 660. The third kappa shape index (κ3) is 3.48. The number of aromatic nitrogens is 2. The highest BCUT2D eigenvalue weighted by atomic mass is 35.5. The van der Waals surface area contributed by atoms with Crippen molar-refractivity contribution in [2.75, 3.05) is 6.26 Å². The van der Waals surface area contributed by atoms with Crippen LogP contribution in [0.25, 0.3) is 0 Å². The molecule has 0 radical (unpaired) electrons. The minimum atomic E-state index is -0.454. The number of ether oxygens (including phenoxy) is 1. The van der Waals surface area contributed by atoms with Crippen molar-refractivity contribution < 1.29 is 9.66 Å². The predicted octanol–water partition coefficient (Wildman–Crippen LogP) is 3.77. The molecular weight excluding hydrogens is 314 g/mol. The summed E-state index contributed by atoms with van der Waals surface area (Å²) in [7, 11) is 0. The zero-order valence-corrected chi connectivity index (χ0v) is 13.1. The minimum Gasteiger partial charge on any atom is -0.483 e. The summed E-state index contributed by atoms with van der Waals surface area (Å²) in [5.74, 6) is 1.08. The first-order chi connectivity index (χ1) is 10.1. The molecule has 8 heteroatoms. The molecule has 0 unspecified atom stereocenters. The second-order valence-corrected chi connectivity index (χ2v) is 5.37. The number of hydrogen-bond acceptors (Lipinski definition) is 5. The highest BCUT2D eigenvalue weighted by molar-refractivity contribution is 7.98. The van der Waals surface area contributed by atoms with Gasteiger partial charge in [0.05, 0.1) is 11.6 Å². The Labute approximate surface area is 131 Å². The van der Waals surface area contributed by atoms with Crippen molar-refractivity contribution in [1.29, 1.82) is 0 Å². The maximum atomic E-state index is 10.9. The van der Waals surface area contributed by atoms with E-state index in [1.165, 1.54) is 10.8 Å². The predicted molar refractivity (Wildman–Crippen MR) is 82.1 cm³/mol. The van der Waals surface area contributed by atoms with Crippen LogP contribution < -0.4 is 4.74 Å². The van der Waals surface area contributed by atoms with Gasteiger partial charge in [0.2, 0.25) is 5.82 Å². The Morgan fingerprint density at radius 1 is 1.52 bits per heavy atom. The summed E-state index contributed by atoms with van der Waals surface area (Å²) < 4.78 is 7.12. The smallest absolute Gasteiger partial charge is 0.342 e. The van der Waals surface area contributed by atoms with Crippen molar-refractivity contribution in [3.63, 3.8) is 0 Å². The van der Waals surface area contributed by atoms with Crippen LogP contribution in [0.15, 0.2) is 29.3 Å². The van der Waals surface area contributed by atoms with E-state index in [-0.39, 0.29) is 12.4 Å². The molecule has 0 N–H and O–H groups in total. The van der Waals surface area contributed by atoms with Gasteiger partial charge >= 0.3 is 5.82 Å². The fraction of sp³-hybridized carbons (Fsp3) is 0.308. The molecule has 112 valence electrons. The van der Waals surface area contributed by atoms with Crippen molar-refractivity contribution in [3.8, 4) is 5.75 Å². The molecule has 2 rings (SSSR count). The van der Waals surface area contributed by atoms with Gasteiger partial charge < -0.3 is 14.9 Å². The van der Waals surface area contributed by atoms with Crippen LogP contribution in [0.3, 0.4) is 0 Å². The van der Waals surface area contributed by atoms with E-state index < -0.39 is 4.92 Å².